The molecular weight excluding hydrogens is 346 g/mol. The number of nitrogens with two attached hydrogens (primary N) is 1. The van der Waals surface area contributed by atoms with Gasteiger partial charge >= 0.3 is 0 Å². The number of benzene rings is 1. The third-order valence-corrected chi connectivity index (χ3v) is 5.00. The van der Waals surface area contributed by atoms with Crippen molar-refractivity contribution in [2.45, 2.75) is 24.4 Å². The predicted molar refractivity (Wildman–Crippen MR) is 92.6 cm³/mol. The van der Waals surface area contributed by atoms with Crippen LogP contribution in [0.25, 0.3) is 0 Å². The second-order valence-electron chi connectivity index (χ2n) is 4.96. The highest BCUT2D eigenvalue weighted by molar-refractivity contribution is 7.98. The number of aromatic nitrogens is 5. The Balaban J connectivity index is 1.52. The van der Waals surface area contributed by atoms with Crippen LogP contribution in [0, 0.1) is 6.92 Å². The Bertz CT molecular complexity index is 828. The molecule has 3 rings (SSSR count). The Labute approximate surface area is 146 Å². The number of rotatable bonds is 6. The van der Waals surface area contributed by atoms with Crippen LogP contribution in [-0.4, -0.2) is 31.3 Å². The monoisotopic (exact) mass is 361 g/mol. The number of amides is 1. The second-order valence-corrected chi connectivity index (χ2v) is 6.97. The summed E-state index contributed by atoms with van der Waals surface area (Å²) < 4.78 is 0. The maximum absolute atomic E-state index is 12.1. The number of H-pyrrole nitrogens is 1. The first-order chi connectivity index (χ1) is 11.6. The Hall–Kier alpha value is -2.46. The van der Waals surface area contributed by atoms with Crippen molar-refractivity contribution in [3.05, 3.63) is 45.4 Å². The molecule has 2 heterocycles. The van der Waals surface area contributed by atoms with E-state index in [2.05, 4.69) is 30.7 Å². The van der Waals surface area contributed by atoms with Gasteiger partial charge in [-0.05, 0) is 12.5 Å². The molecule has 124 valence electrons. The van der Waals surface area contributed by atoms with Gasteiger partial charge in [-0.15, -0.1) is 15.3 Å². The first kappa shape index (κ1) is 16.4. The van der Waals surface area contributed by atoms with Crippen LogP contribution < -0.4 is 11.1 Å². The average Bonchev–Trinajstić information content (AvgIpc) is 3.21. The van der Waals surface area contributed by atoms with Gasteiger partial charge in [0.25, 0.3) is 5.91 Å². The lowest BCUT2D eigenvalue weighted by Gasteiger charge is -2.03. The zero-order chi connectivity index (χ0) is 16.9. The molecule has 3 aromatic rings. The topological polar surface area (TPSA) is 122 Å². The van der Waals surface area contributed by atoms with Crippen LogP contribution in [-0.2, 0) is 12.3 Å². The molecule has 0 bridgehead atoms. The van der Waals surface area contributed by atoms with E-state index in [1.54, 1.807) is 0 Å². The van der Waals surface area contributed by atoms with Crippen LogP contribution in [0.5, 0.6) is 0 Å². The summed E-state index contributed by atoms with van der Waals surface area (Å²) in [5, 5.41) is 18.9. The summed E-state index contributed by atoms with van der Waals surface area (Å²) in [4.78, 5) is 16.1. The van der Waals surface area contributed by atoms with E-state index in [1.807, 2.05) is 31.2 Å². The molecule has 0 fully saturated rings. The summed E-state index contributed by atoms with van der Waals surface area (Å²) in [6.45, 7) is 2.48. The first-order valence-corrected chi connectivity index (χ1v) is 8.87. The maximum atomic E-state index is 12.1. The van der Waals surface area contributed by atoms with Crippen LogP contribution in [0.1, 0.15) is 25.9 Å². The summed E-state index contributed by atoms with van der Waals surface area (Å²) in [5.41, 5.74) is 7.68. The van der Waals surface area contributed by atoms with Crippen molar-refractivity contribution in [1.29, 1.82) is 0 Å². The molecule has 0 saturated heterocycles. The number of carbonyl (C=O) groups is 1. The molecule has 0 saturated carbocycles. The number of nitrogens with zero attached hydrogens (tertiary/aromatic N) is 4. The highest BCUT2D eigenvalue weighted by Gasteiger charge is 2.13. The van der Waals surface area contributed by atoms with Crippen molar-refractivity contribution in [3.63, 3.8) is 0 Å². The third-order valence-electron chi connectivity index (χ3n) is 3.04. The SMILES string of the molecule is Cc1ccc(CNC(=O)c2nnc(CSc3n[nH]c(N)n3)s2)cc1. The van der Waals surface area contributed by atoms with Gasteiger partial charge in [-0.3, -0.25) is 4.79 Å². The lowest BCUT2D eigenvalue weighted by Crippen LogP contribution is -2.22. The number of nitrogens with one attached hydrogen (secondary N) is 2. The normalized spacial score (nSPS) is 10.7. The van der Waals surface area contributed by atoms with E-state index < -0.39 is 0 Å². The summed E-state index contributed by atoms with van der Waals surface area (Å²) >= 11 is 2.63. The quantitative estimate of drug-likeness (QED) is 0.572. The second kappa shape index (κ2) is 7.41. The third kappa shape index (κ3) is 4.30. The van der Waals surface area contributed by atoms with E-state index in [9.17, 15) is 4.79 Å². The molecule has 0 atom stereocenters. The fourth-order valence-electron chi connectivity index (χ4n) is 1.82. The van der Waals surface area contributed by atoms with Gasteiger partial charge in [0, 0.05) is 6.54 Å². The Morgan fingerprint density at radius 2 is 2.12 bits per heavy atom. The van der Waals surface area contributed by atoms with Crippen molar-refractivity contribution in [3.8, 4) is 0 Å². The number of nitrogen functional groups attached to an aromatic ring is 1. The molecule has 8 nitrogen and oxygen atoms in total. The molecule has 1 aromatic carbocycles. The summed E-state index contributed by atoms with van der Waals surface area (Å²) in [7, 11) is 0. The standard InChI is InChI=1S/C14H15N7OS2/c1-8-2-4-9(5-3-8)6-16-11(22)12-19-18-10(24-12)7-23-14-17-13(15)20-21-14/h2-5H,6-7H2,1H3,(H,16,22)(H3,15,17,20,21). The number of thioether (sulfide) groups is 1. The van der Waals surface area contributed by atoms with Crippen LogP contribution in [0.2, 0.25) is 0 Å². The number of aryl methyl sites for hydroxylation is 1. The highest BCUT2D eigenvalue weighted by Crippen LogP contribution is 2.21. The molecule has 0 aliphatic carbocycles. The Morgan fingerprint density at radius 3 is 2.83 bits per heavy atom. The predicted octanol–water partition coefficient (Wildman–Crippen LogP) is 1.77. The largest absolute Gasteiger partial charge is 0.368 e. The molecular formula is C14H15N7OS2. The summed E-state index contributed by atoms with van der Waals surface area (Å²) in [5.74, 6) is 0.567. The fourth-order valence-corrected chi connectivity index (χ4v) is 3.36. The molecule has 0 unspecified atom stereocenters. The Kier molecular flexibility index (Phi) is 5.06. The van der Waals surface area contributed by atoms with E-state index in [0.717, 1.165) is 10.6 Å². The van der Waals surface area contributed by atoms with Gasteiger partial charge in [0.1, 0.15) is 5.01 Å². The molecule has 0 radical (unpaired) electrons. The minimum absolute atomic E-state index is 0.230. The lowest BCUT2D eigenvalue weighted by molar-refractivity contribution is 0.0950. The van der Waals surface area contributed by atoms with Crippen molar-refractivity contribution in [2.24, 2.45) is 0 Å². The Morgan fingerprint density at radius 1 is 1.33 bits per heavy atom. The van der Waals surface area contributed by atoms with E-state index in [0.29, 0.717) is 22.5 Å². The van der Waals surface area contributed by atoms with E-state index >= 15 is 0 Å². The smallest absolute Gasteiger partial charge is 0.282 e. The zero-order valence-electron chi connectivity index (χ0n) is 12.8. The first-order valence-electron chi connectivity index (χ1n) is 7.07. The fraction of sp³-hybridized carbons (Fsp3) is 0.214. The zero-order valence-corrected chi connectivity index (χ0v) is 14.4. The van der Waals surface area contributed by atoms with E-state index in [1.165, 1.54) is 28.7 Å². The van der Waals surface area contributed by atoms with Crippen LogP contribution in [0.3, 0.4) is 0 Å². The maximum Gasteiger partial charge on any atom is 0.282 e. The molecule has 0 aliphatic heterocycles. The van der Waals surface area contributed by atoms with Gasteiger partial charge in [0.15, 0.2) is 0 Å². The van der Waals surface area contributed by atoms with Crippen molar-refractivity contribution in [1.82, 2.24) is 30.7 Å². The van der Waals surface area contributed by atoms with Crippen LogP contribution in [0.4, 0.5) is 5.95 Å². The van der Waals surface area contributed by atoms with Gasteiger partial charge in [-0.2, -0.15) is 4.98 Å². The lowest BCUT2D eigenvalue weighted by atomic mass is 10.1. The van der Waals surface area contributed by atoms with Crippen molar-refractivity contribution >= 4 is 35.0 Å². The minimum Gasteiger partial charge on any atom is -0.368 e. The number of anilines is 1. The van der Waals surface area contributed by atoms with Crippen molar-refractivity contribution in [2.75, 3.05) is 5.73 Å². The molecule has 24 heavy (non-hydrogen) atoms. The highest BCUT2D eigenvalue weighted by atomic mass is 32.2. The molecule has 2 aromatic heterocycles. The number of hydrogen-bond donors (Lipinski definition) is 3. The molecule has 0 aliphatic rings. The number of aromatic amines is 1. The van der Waals surface area contributed by atoms with Gasteiger partial charge in [-0.25, -0.2) is 5.10 Å². The molecule has 10 heteroatoms. The van der Waals surface area contributed by atoms with Gasteiger partial charge in [0.2, 0.25) is 16.1 Å². The molecule has 0 spiro atoms. The van der Waals surface area contributed by atoms with Crippen LogP contribution >= 0.6 is 23.1 Å². The van der Waals surface area contributed by atoms with Crippen LogP contribution in [0.15, 0.2) is 29.4 Å². The van der Waals surface area contributed by atoms with Gasteiger partial charge < -0.3 is 11.1 Å². The summed E-state index contributed by atoms with van der Waals surface area (Å²) in [6.07, 6.45) is 0. The minimum atomic E-state index is -0.230. The van der Waals surface area contributed by atoms with Gasteiger partial charge in [-0.1, -0.05) is 52.9 Å². The number of carbonyl (C=O) groups excluding carboxylic acids is 1. The summed E-state index contributed by atoms with van der Waals surface area (Å²) in [6, 6.07) is 8.00. The van der Waals surface area contributed by atoms with Crippen molar-refractivity contribution < 1.29 is 4.79 Å². The van der Waals surface area contributed by atoms with Gasteiger partial charge in [0.05, 0.1) is 5.75 Å². The number of hydrogen-bond acceptors (Lipinski definition) is 8. The average molecular weight is 361 g/mol. The molecule has 1 amide bonds. The molecule has 4 N–H and O–H groups in total. The van der Waals surface area contributed by atoms with E-state index in [-0.39, 0.29) is 11.9 Å². The van der Waals surface area contributed by atoms with E-state index in [4.69, 9.17) is 5.73 Å².